The maximum atomic E-state index is 13.5. The first-order chi connectivity index (χ1) is 8.69. The zero-order valence-electron chi connectivity index (χ0n) is 11.1. The molecule has 1 rings (SSSR count). The molecule has 0 spiro atoms. The number of hydrogen-bond donors (Lipinski definition) is 1. The van der Waals surface area contributed by atoms with E-state index in [0.717, 1.165) is 19.6 Å². The summed E-state index contributed by atoms with van der Waals surface area (Å²) in [5.41, 5.74) is 0.375. The van der Waals surface area contributed by atoms with E-state index in [0.29, 0.717) is 18.6 Å². The Kier molecular flexibility index (Phi) is 6.86. The zero-order chi connectivity index (χ0) is 13.4. The van der Waals surface area contributed by atoms with E-state index in [4.69, 9.17) is 4.74 Å². The number of aliphatic hydroxyl groups is 1. The first-order valence-electron chi connectivity index (χ1n) is 6.32. The molecular weight excluding hydrogens is 233 g/mol. The molecule has 4 heteroatoms. The largest absolute Gasteiger partial charge is 0.388 e. The van der Waals surface area contributed by atoms with Gasteiger partial charge in [0.05, 0.1) is 12.7 Å². The first-order valence-corrected chi connectivity index (χ1v) is 6.32. The van der Waals surface area contributed by atoms with E-state index in [9.17, 15) is 9.50 Å². The van der Waals surface area contributed by atoms with Crippen molar-refractivity contribution in [2.75, 3.05) is 33.4 Å². The van der Waals surface area contributed by atoms with Crippen molar-refractivity contribution in [3.8, 4) is 0 Å². The van der Waals surface area contributed by atoms with Crippen LogP contribution in [0.2, 0.25) is 0 Å². The van der Waals surface area contributed by atoms with Crippen molar-refractivity contribution in [1.29, 1.82) is 0 Å². The van der Waals surface area contributed by atoms with Gasteiger partial charge in [0.2, 0.25) is 0 Å². The second-order valence-electron chi connectivity index (χ2n) is 4.25. The van der Waals surface area contributed by atoms with Gasteiger partial charge in [-0.15, -0.1) is 0 Å². The van der Waals surface area contributed by atoms with Crippen LogP contribution in [-0.4, -0.2) is 43.4 Å². The number of hydrogen-bond acceptors (Lipinski definition) is 3. The maximum absolute atomic E-state index is 13.5. The van der Waals surface area contributed by atoms with Crippen LogP contribution in [0.3, 0.4) is 0 Å². The van der Waals surface area contributed by atoms with Crippen molar-refractivity contribution in [1.82, 2.24) is 4.90 Å². The van der Waals surface area contributed by atoms with Crippen molar-refractivity contribution < 1.29 is 14.2 Å². The monoisotopic (exact) mass is 255 g/mol. The van der Waals surface area contributed by atoms with Crippen molar-refractivity contribution in [2.45, 2.75) is 19.4 Å². The molecule has 1 N–H and O–H groups in total. The molecule has 0 fully saturated rings. The molecule has 0 bridgehead atoms. The zero-order valence-corrected chi connectivity index (χ0v) is 11.1. The van der Waals surface area contributed by atoms with Gasteiger partial charge in [-0.05, 0) is 19.0 Å². The molecule has 1 unspecified atom stereocenters. The Morgan fingerprint density at radius 1 is 1.33 bits per heavy atom. The van der Waals surface area contributed by atoms with Crippen LogP contribution in [0.25, 0.3) is 0 Å². The molecule has 0 saturated heterocycles. The highest BCUT2D eigenvalue weighted by molar-refractivity contribution is 5.19. The quantitative estimate of drug-likeness (QED) is 0.773. The minimum atomic E-state index is -0.747. The Morgan fingerprint density at radius 3 is 2.67 bits per heavy atom. The average molecular weight is 255 g/mol. The molecule has 0 radical (unpaired) electrons. The van der Waals surface area contributed by atoms with Crippen LogP contribution >= 0.6 is 0 Å². The highest BCUT2D eigenvalue weighted by Gasteiger charge is 2.13. The summed E-state index contributed by atoms with van der Waals surface area (Å²) in [5.74, 6) is -0.343. The highest BCUT2D eigenvalue weighted by Crippen LogP contribution is 2.19. The molecule has 1 atom stereocenters. The predicted octanol–water partition coefficient (Wildman–Crippen LogP) is 2.22. The number of rotatable bonds is 8. The Balaban J connectivity index is 2.44. The summed E-state index contributed by atoms with van der Waals surface area (Å²) in [5, 5.41) is 9.97. The van der Waals surface area contributed by atoms with E-state index < -0.39 is 6.10 Å². The van der Waals surface area contributed by atoms with E-state index in [1.54, 1.807) is 25.3 Å². The van der Waals surface area contributed by atoms with E-state index >= 15 is 0 Å². The smallest absolute Gasteiger partial charge is 0.128 e. The molecule has 0 aromatic heterocycles. The van der Waals surface area contributed by atoms with Crippen LogP contribution in [0.1, 0.15) is 25.0 Å². The molecule has 1 aromatic rings. The topological polar surface area (TPSA) is 32.7 Å². The Labute approximate surface area is 108 Å². The number of benzene rings is 1. The molecule has 1 aromatic carbocycles. The first kappa shape index (κ1) is 15.1. The summed E-state index contributed by atoms with van der Waals surface area (Å²) in [6, 6.07) is 6.37. The summed E-state index contributed by atoms with van der Waals surface area (Å²) < 4.78 is 18.5. The summed E-state index contributed by atoms with van der Waals surface area (Å²) in [6.07, 6.45) is -0.221. The molecule has 3 nitrogen and oxygen atoms in total. The lowest BCUT2D eigenvalue weighted by Crippen LogP contribution is -2.29. The van der Waals surface area contributed by atoms with E-state index in [2.05, 4.69) is 11.8 Å². The number of halogens is 1. The number of ether oxygens (including phenoxy) is 1. The maximum Gasteiger partial charge on any atom is 0.128 e. The standard InChI is InChI=1S/C14H22FNO2/c1-3-16(10-11-18-2)9-8-14(17)12-6-4-5-7-13(12)15/h4-7,14,17H,3,8-11H2,1-2H3. The summed E-state index contributed by atoms with van der Waals surface area (Å²) in [4.78, 5) is 2.17. The minimum Gasteiger partial charge on any atom is -0.388 e. The Hall–Kier alpha value is -0.970. The molecule has 0 aliphatic rings. The molecule has 18 heavy (non-hydrogen) atoms. The lowest BCUT2D eigenvalue weighted by Gasteiger charge is -2.21. The molecule has 0 amide bonds. The Morgan fingerprint density at radius 2 is 2.06 bits per heavy atom. The predicted molar refractivity (Wildman–Crippen MR) is 70.0 cm³/mol. The highest BCUT2D eigenvalue weighted by atomic mass is 19.1. The number of nitrogens with zero attached hydrogens (tertiary/aromatic N) is 1. The van der Waals surface area contributed by atoms with Crippen LogP contribution in [0.4, 0.5) is 4.39 Å². The molecule has 0 heterocycles. The van der Waals surface area contributed by atoms with Gasteiger partial charge >= 0.3 is 0 Å². The van der Waals surface area contributed by atoms with Crippen LogP contribution in [0.5, 0.6) is 0 Å². The van der Waals surface area contributed by atoms with E-state index in [1.165, 1.54) is 6.07 Å². The van der Waals surface area contributed by atoms with Gasteiger partial charge in [0, 0.05) is 25.8 Å². The fourth-order valence-electron chi connectivity index (χ4n) is 1.85. The average Bonchev–Trinajstić information content (AvgIpc) is 2.39. The second kappa shape index (κ2) is 8.19. The third-order valence-electron chi connectivity index (χ3n) is 3.04. The second-order valence-corrected chi connectivity index (χ2v) is 4.25. The molecule has 102 valence electrons. The minimum absolute atomic E-state index is 0.343. The molecule has 0 aliphatic carbocycles. The van der Waals surface area contributed by atoms with Gasteiger partial charge in [-0.25, -0.2) is 4.39 Å². The van der Waals surface area contributed by atoms with Crippen molar-refractivity contribution >= 4 is 0 Å². The van der Waals surface area contributed by atoms with Crippen LogP contribution < -0.4 is 0 Å². The fourth-order valence-corrected chi connectivity index (χ4v) is 1.85. The van der Waals surface area contributed by atoms with Crippen molar-refractivity contribution in [3.63, 3.8) is 0 Å². The summed E-state index contributed by atoms with van der Waals surface area (Å²) in [7, 11) is 1.67. The van der Waals surface area contributed by atoms with Crippen molar-refractivity contribution in [3.05, 3.63) is 35.6 Å². The summed E-state index contributed by atoms with van der Waals surface area (Å²) >= 11 is 0. The fraction of sp³-hybridized carbons (Fsp3) is 0.571. The van der Waals surface area contributed by atoms with Gasteiger partial charge in [-0.2, -0.15) is 0 Å². The van der Waals surface area contributed by atoms with E-state index in [-0.39, 0.29) is 5.82 Å². The van der Waals surface area contributed by atoms with Crippen LogP contribution in [0.15, 0.2) is 24.3 Å². The molecular formula is C14H22FNO2. The summed E-state index contributed by atoms with van der Waals surface area (Å²) in [6.45, 7) is 5.19. The van der Waals surface area contributed by atoms with Crippen LogP contribution in [-0.2, 0) is 4.74 Å². The Bertz CT molecular complexity index is 346. The normalized spacial score (nSPS) is 12.9. The molecule has 0 saturated carbocycles. The van der Waals surface area contributed by atoms with Crippen LogP contribution in [0, 0.1) is 5.82 Å². The lowest BCUT2D eigenvalue weighted by molar-refractivity contribution is 0.118. The number of likely N-dealkylation sites (N-methyl/N-ethyl adjacent to an activating group) is 1. The third-order valence-corrected chi connectivity index (χ3v) is 3.04. The SMILES string of the molecule is CCN(CCOC)CCC(O)c1ccccc1F. The van der Waals surface area contributed by atoms with Gasteiger partial charge < -0.3 is 14.7 Å². The lowest BCUT2D eigenvalue weighted by atomic mass is 10.1. The van der Waals surface area contributed by atoms with Gasteiger partial charge in [0.15, 0.2) is 0 Å². The van der Waals surface area contributed by atoms with Gasteiger partial charge in [0.1, 0.15) is 5.82 Å². The van der Waals surface area contributed by atoms with E-state index in [1.807, 2.05) is 0 Å². The van der Waals surface area contributed by atoms with Gasteiger partial charge in [-0.3, -0.25) is 0 Å². The molecule has 0 aliphatic heterocycles. The number of aliphatic hydroxyl groups excluding tert-OH is 1. The van der Waals surface area contributed by atoms with Gasteiger partial charge in [0.25, 0.3) is 0 Å². The number of methoxy groups -OCH3 is 1. The third kappa shape index (κ3) is 4.72. The van der Waals surface area contributed by atoms with Gasteiger partial charge in [-0.1, -0.05) is 25.1 Å². The van der Waals surface area contributed by atoms with Crippen molar-refractivity contribution in [2.24, 2.45) is 0 Å².